The maximum atomic E-state index is 5.62. The third-order valence-corrected chi connectivity index (χ3v) is 6.27. The molecule has 2 aliphatic rings. The van der Waals surface area contributed by atoms with E-state index < -0.39 is 0 Å². The Morgan fingerprint density at radius 3 is 2.96 bits per heavy atom. The Labute approximate surface area is 169 Å². The average Bonchev–Trinajstić information content (AvgIpc) is 3.22. The van der Waals surface area contributed by atoms with Gasteiger partial charge >= 0.3 is 0 Å². The first kappa shape index (κ1) is 18.6. The number of hydrogen-bond donors (Lipinski definition) is 1. The lowest BCUT2D eigenvalue weighted by molar-refractivity contribution is -0.642. The number of nitrogens with zero attached hydrogens (tertiary/aromatic N) is 6. The predicted octanol–water partition coefficient (Wildman–Crippen LogP) is 1.85. The number of aryl methyl sites for hydroxylation is 1. The Morgan fingerprint density at radius 1 is 1.36 bits per heavy atom. The highest BCUT2D eigenvalue weighted by atomic mass is 32.1. The van der Waals surface area contributed by atoms with E-state index in [-0.39, 0.29) is 12.2 Å². The van der Waals surface area contributed by atoms with Crippen molar-refractivity contribution in [2.45, 2.75) is 25.6 Å². The van der Waals surface area contributed by atoms with Crippen LogP contribution in [0, 0.1) is 0 Å². The number of aliphatic imine (C=N–C) groups is 3. The molecular formula is C20H26N7S+. The van der Waals surface area contributed by atoms with Crippen molar-refractivity contribution in [2.75, 3.05) is 20.1 Å². The van der Waals surface area contributed by atoms with E-state index in [1.54, 1.807) is 11.3 Å². The van der Waals surface area contributed by atoms with Gasteiger partial charge in [0, 0.05) is 32.3 Å². The van der Waals surface area contributed by atoms with Crippen LogP contribution in [0.2, 0.25) is 0 Å². The molecule has 28 heavy (non-hydrogen) atoms. The summed E-state index contributed by atoms with van der Waals surface area (Å²) in [5.41, 5.74) is 7.90. The smallest absolute Gasteiger partial charge is 0.264 e. The molecule has 0 aliphatic carbocycles. The molecule has 1 aromatic carbocycles. The number of fused-ring (bicyclic) bond motifs is 2. The zero-order valence-electron chi connectivity index (χ0n) is 16.5. The summed E-state index contributed by atoms with van der Waals surface area (Å²) >= 11 is 1.79. The zero-order valence-corrected chi connectivity index (χ0v) is 17.3. The zero-order chi connectivity index (χ0) is 19.7. The highest BCUT2D eigenvalue weighted by Gasteiger charge is 2.38. The summed E-state index contributed by atoms with van der Waals surface area (Å²) in [6, 6.07) is 8.59. The van der Waals surface area contributed by atoms with Gasteiger partial charge in [0.1, 0.15) is 24.0 Å². The molecule has 2 atom stereocenters. The molecule has 1 aromatic heterocycles. The van der Waals surface area contributed by atoms with Gasteiger partial charge in [-0.15, -0.1) is 0 Å². The number of nitrogens with two attached hydrogens (primary N) is 1. The fourth-order valence-corrected chi connectivity index (χ4v) is 4.74. The standard InChI is InChI=1S/C20H26N7S/c1-14(21)22-9-6-10-27-13-23-15(19-20(27)24-12-25(19)2)11-18-26(3)16-7-4-5-8-17(16)28-18/h4-5,7-8,11-13,19-20H,6,9-10H2,1-3H3,(H2,21,22)/q+1. The van der Waals surface area contributed by atoms with Gasteiger partial charge < -0.3 is 15.5 Å². The van der Waals surface area contributed by atoms with E-state index in [1.165, 1.54) is 15.2 Å². The van der Waals surface area contributed by atoms with Gasteiger partial charge in [0.2, 0.25) is 5.52 Å². The van der Waals surface area contributed by atoms with E-state index in [1.807, 2.05) is 19.6 Å². The third-order valence-electron chi connectivity index (χ3n) is 5.10. The van der Waals surface area contributed by atoms with E-state index >= 15 is 0 Å². The van der Waals surface area contributed by atoms with Gasteiger partial charge in [-0.3, -0.25) is 4.99 Å². The van der Waals surface area contributed by atoms with Gasteiger partial charge in [0.05, 0.1) is 24.2 Å². The molecular weight excluding hydrogens is 370 g/mol. The molecule has 146 valence electrons. The van der Waals surface area contributed by atoms with Crippen LogP contribution in [0.25, 0.3) is 16.3 Å². The SMILES string of the molecule is CC(N)=NCCCN1C=N/C(=C\c2sc3ccccc3[n+]2C)C2C1N=CN2C. The summed E-state index contributed by atoms with van der Waals surface area (Å²) in [7, 11) is 4.17. The molecule has 0 radical (unpaired) electrons. The summed E-state index contributed by atoms with van der Waals surface area (Å²) in [6.45, 7) is 3.40. The van der Waals surface area contributed by atoms with Crippen LogP contribution in [0.5, 0.6) is 0 Å². The van der Waals surface area contributed by atoms with Crippen molar-refractivity contribution < 1.29 is 4.57 Å². The number of hydrogen-bond acceptors (Lipinski definition) is 6. The monoisotopic (exact) mass is 396 g/mol. The van der Waals surface area contributed by atoms with E-state index in [0.29, 0.717) is 5.84 Å². The molecule has 7 nitrogen and oxygen atoms in total. The van der Waals surface area contributed by atoms with Crippen molar-refractivity contribution in [1.29, 1.82) is 0 Å². The fraction of sp³-hybridized carbons (Fsp3) is 0.400. The molecule has 2 aromatic rings. The summed E-state index contributed by atoms with van der Waals surface area (Å²) in [4.78, 5) is 18.1. The number of likely N-dealkylation sites (N-methyl/N-ethyl adjacent to an activating group) is 1. The maximum absolute atomic E-state index is 5.62. The van der Waals surface area contributed by atoms with Gasteiger partial charge in [0.15, 0.2) is 0 Å². The Balaban J connectivity index is 1.59. The van der Waals surface area contributed by atoms with Crippen LogP contribution >= 0.6 is 11.3 Å². The number of para-hydroxylation sites is 1. The molecule has 0 amide bonds. The summed E-state index contributed by atoms with van der Waals surface area (Å²) < 4.78 is 3.51. The molecule has 2 unspecified atom stereocenters. The number of benzene rings is 1. The Morgan fingerprint density at radius 2 is 2.18 bits per heavy atom. The van der Waals surface area contributed by atoms with Gasteiger partial charge in [-0.25, -0.2) is 9.98 Å². The number of rotatable bonds is 5. The van der Waals surface area contributed by atoms with Gasteiger partial charge in [0.25, 0.3) is 5.01 Å². The van der Waals surface area contributed by atoms with Crippen LogP contribution in [0.1, 0.15) is 18.4 Å². The number of thiazole rings is 1. The molecule has 2 aliphatic heterocycles. The van der Waals surface area contributed by atoms with Crippen LogP contribution in [-0.4, -0.2) is 60.7 Å². The second-order valence-corrected chi connectivity index (χ2v) is 8.25. The second kappa shape index (κ2) is 7.71. The minimum atomic E-state index is 0.0522. The lowest BCUT2D eigenvalue weighted by Gasteiger charge is -2.35. The van der Waals surface area contributed by atoms with Crippen LogP contribution in [0.3, 0.4) is 0 Å². The van der Waals surface area contributed by atoms with E-state index in [9.17, 15) is 0 Å². The lowest BCUT2D eigenvalue weighted by atomic mass is 10.1. The Kier molecular flexibility index (Phi) is 5.13. The molecule has 0 spiro atoms. The Hall–Kier alpha value is -2.74. The van der Waals surface area contributed by atoms with Crippen LogP contribution in [0.4, 0.5) is 0 Å². The summed E-state index contributed by atoms with van der Waals surface area (Å²) in [6.07, 6.45) is 7.02. The lowest BCUT2D eigenvalue weighted by Crippen LogP contribution is -2.48. The summed E-state index contributed by atoms with van der Waals surface area (Å²) in [5.74, 6) is 0.630. The van der Waals surface area contributed by atoms with Crippen LogP contribution in [0.15, 0.2) is 44.9 Å². The summed E-state index contributed by atoms with van der Waals surface area (Å²) in [5, 5.41) is 1.19. The first-order chi connectivity index (χ1) is 13.5. The molecule has 3 heterocycles. The highest BCUT2D eigenvalue weighted by Crippen LogP contribution is 2.29. The molecule has 0 saturated heterocycles. The number of amidine groups is 1. The first-order valence-electron chi connectivity index (χ1n) is 9.45. The van der Waals surface area contributed by atoms with Crippen molar-refractivity contribution in [3.63, 3.8) is 0 Å². The average molecular weight is 397 g/mol. The van der Waals surface area contributed by atoms with E-state index in [0.717, 1.165) is 25.2 Å². The fourth-order valence-electron chi connectivity index (χ4n) is 3.65. The Bertz CT molecular complexity index is 984. The second-order valence-electron chi connectivity index (χ2n) is 7.18. The molecule has 2 N–H and O–H groups in total. The van der Waals surface area contributed by atoms with Crippen molar-refractivity contribution >= 4 is 46.1 Å². The van der Waals surface area contributed by atoms with E-state index in [4.69, 9.17) is 15.7 Å². The van der Waals surface area contributed by atoms with Crippen molar-refractivity contribution in [3.05, 3.63) is 35.0 Å². The minimum absolute atomic E-state index is 0.0522. The highest BCUT2D eigenvalue weighted by molar-refractivity contribution is 7.18. The van der Waals surface area contributed by atoms with Gasteiger partial charge in [-0.2, -0.15) is 4.57 Å². The molecule has 0 saturated carbocycles. The molecule has 8 heteroatoms. The largest absolute Gasteiger partial charge is 0.388 e. The van der Waals surface area contributed by atoms with Gasteiger partial charge in [-0.1, -0.05) is 23.5 Å². The van der Waals surface area contributed by atoms with Gasteiger partial charge in [-0.05, 0) is 19.4 Å². The predicted molar refractivity (Wildman–Crippen MR) is 117 cm³/mol. The van der Waals surface area contributed by atoms with Crippen LogP contribution < -0.4 is 10.3 Å². The first-order valence-corrected chi connectivity index (χ1v) is 10.3. The van der Waals surface area contributed by atoms with Crippen molar-refractivity contribution in [3.8, 4) is 0 Å². The van der Waals surface area contributed by atoms with Crippen molar-refractivity contribution in [1.82, 2.24) is 9.80 Å². The van der Waals surface area contributed by atoms with Crippen LogP contribution in [-0.2, 0) is 7.05 Å². The normalized spacial score (nSPS) is 23.2. The molecule has 0 bridgehead atoms. The number of aromatic nitrogens is 1. The van der Waals surface area contributed by atoms with E-state index in [2.05, 4.69) is 63.8 Å². The molecule has 0 fully saturated rings. The minimum Gasteiger partial charge on any atom is -0.388 e. The topological polar surface area (TPSA) is 73.5 Å². The maximum Gasteiger partial charge on any atom is 0.264 e. The van der Waals surface area contributed by atoms with Crippen molar-refractivity contribution in [2.24, 2.45) is 27.8 Å². The quantitative estimate of drug-likeness (QED) is 0.363. The third kappa shape index (κ3) is 3.52. The molecule has 4 rings (SSSR count).